The molecule has 0 unspecified atom stereocenters. The molecule has 0 spiro atoms. The lowest BCUT2D eigenvalue weighted by molar-refractivity contribution is 0.102. The largest absolute Gasteiger partial charge is 0.350 e. The van der Waals surface area contributed by atoms with Gasteiger partial charge in [0, 0.05) is 24.6 Å². The first-order chi connectivity index (χ1) is 12.7. The number of halogens is 1. The van der Waals surface area contributed by atoms with Gasteiger partial charge in [-0.1, -0.05) is 37.3 Å². The molecule has 0 atom stereocenters. The third-order valence-electron chi connectivity index (χ3n) is 3.92. The third-order valence-corrected chi connectivity index (χ3v) is 3.92. The second-order valence-electron chi connectivity index (χ2n) is 5.74. The molecule has 6 heteroatoms. The fraction of sp³-hybridized carbons (Fsp3) is 0.150. The number of para-hydroxylation sites is 1. The minimum atomic E-state index is -0.273. The van der Waals surface area contributed by atoms with Gasteiger partial charge in [-0.25, -0.2) is 14.4 Å². The molecule has 0 aliphatic carbocycles. The van der Waals surface area contributed by atoms with Gasteiger partial charge in [0.2, 0.25) is 5.95 Å². The van der Waals surface area contributed by atoms with Crippen LogP contribution in [0.1, 0.15) is 28.4 Å². The summed E-state index contributed by atoms with van der Waals surface area (Å²) in [6.07, 6.45) is 3.78. The number of rotatable bonds is 6. The van der Waals surface area contributed by atoms with Crippen LogP contribution in [0.25, 0.3) is 0 Å². The molecule has 3 rings (SSSR count). The van der Waals surface area contributed by atoms with Gasteiger partial charge >= 0.3 is 0 Å². The summed E-state index contributed by atoms with van der Waals surface area (Å²) in [6.45, 7) is 2.51. The van der Waals surface area contributed by atoms with Crippen molar-refractivity contribution in [3.05, 3.63) is 83.4 Å². The molecule has 0 radical (unpaired) electrons. The molecule has 26 heavy (non-hydrogen) atoms. The van der Waals surface area contributed by atoms with Crippen molar-refractivity contribution in [1.29, 1.82) is 0 Å². The zero-order valence-corrected chi connectivity index (χ0v) is 14.4. The van der Waals surface area contributed by atoms with Crippen LogP contribution in [0.2, 0.25) is 0 Å². The third kappa shape index (κ3) is 4.42. The Balaban J connectivity index is 1.61. The molecule has 0 bridgehead atoms. The highest BCUT2D eigenvalue weighted by molar-refractivity contribution is 6.04. The van der Waals surface area contributed by atoms with Crippen molar-refractivity contribution >= 4 is 17.5 Å². The van der Waals surface area contributed by atoms with E-state index in [-0.39, 0.29) is 11.7 Å². The molecule has 0 fully saturated rings. The molecule has 5 nitrogen and oxygen atoms in total. The van der Waals surface area contributed by atoms with Crippen molar-refractivity contribution in [2.24, 2.45) is 0 Å². The predicted octanol–water partition coefficient (Wildman–Crippen LogP) is 4.04. The van der Waals surface area contributed by atoms with Gasteiger partial charge in [-0.3, -0.25) is 4.79 Å². The number of hydrogen-bond donors (Lipinski definition) is 2. The molecule has 0 aliphatic rings. The molecule has 2 N–H and O–H groups in total. The van der Waals surface area contributed by atoms with E-state index in [2.05, 4.69) is 20.6 Å². The number of nitrogens with zero attached hydrogens (tertiary/aromatic N) is 2. The highest BCUT2D eigenvalue weighted by atomic mass is 19.1. The number of carbonyl (C=O) groups excluding carboxylic acids is 1. The van der Waals surface area contributed by atoms with Crippen LogP contribution in [-0.4, -0.2) is 15.9 Å². The zero-order chi connectivity index (χ0) is 18.4. The summed E-state index contributed by atoms with van der Waals surface area (Å²) in [5.74, 6) is -0.124. The normalized spacial score (nSPS) is 10.4. The van der Waals surface area contributed by atoms with Gasteiger partial charge in [0.25, 0.3) is 5.91 Å². The average molecular weight is 350 g/mol. The van der Waals surface area contributed by atoms with Gasteiger partial charge in [-0.2, -0.15) is 0 Å². The van der Waals surface area contributed by atoms with Crippen LogP contribution in [0.5, 0.6) is 0 Å². The molecule has 2 aromatic carbocycles. The van der Waals surface area contributed by atoms with Crippen LogP contribution >= 0.6 is 0 Å². The van der Waals surface area contributed by atoms with E-state index < -0.39 is 0 Å². The summed E-state index contributed by atoms with van der Waals surface area (Å²) in [6, 6.07) is 13.9. The maximum Gasteiger partial charge on any atom is 0.258 e. The standard InChI is InChI=1S/C20H19FN4O/c1-2-15-5-3-4-6-18(15)25-19(26)16-12-23-20(24-13-16)22-11-14-7-9-17(21)10-8-14/h3-10,12-13H,2,11H2,1H3,(H,25,26)(H,22,23,24). The minimum Gasteiger partial charge on any atom is -0.350 e. The second-order valence-corrected chi connectivity index (χ2v) is 5.74. The van der Waals surface area contributed by atoms with Gasteiger partial charge in [0.05, 0.1) is 5.56 Å². The molecular weight excluding hydrogens is 331 g/mol. The summed E-state index contributed by atoms with van der Waals surface area (Å²) in [5, 5.41) is 5.92. The minimum absolute atomic E-state index is 0.254. The molecule has 132 valence electrons. The lowest BCUT2D eigenvalue weighted by atomic mass is 10.1. The maximum atomic E-state index is 12.9. The smallest absolute Gasteiger partial charge is 0.258 e. The molecule has 1 aromatic heterocycles. The summed E-state index contributed by atoms with van der Waals surface area (Å²) in [7, 11) is 0. The Bertz CT molecular complexity index is 879. The van der Waals surface area contributed by atoms with Crippen LogP contribution in [0.15, 0.2) is 60.9 Å². The number of aryl methyl sites for hydroxylation is 1. The summed E-state index contributed by atoms with van der Waals surface area (Å²) < 4.78 is 12.9. The Labute approximate surface area is 151 Å². The van der Waals surface area contributed by atoms with Crippen molar-refractivity contribution in [1.82, 2.24) is 9.97 Å². The predicted molar refractivity (Wildman–Crippen MR) is 99.5 cm³/mol. The molecular formula is C20H19FN4O. The molecule has 1 heterocycles. The highest BCUT2D eigenvalue weighted by Crippen LogP contribution is 2.16. The van der Waals surface area contributed by atoms with Gasteiger partial charge in [-0.05, 0) is 35.7 Å². The number of amides is 1. The Morgan fingerprint density at radius 1 is 1.04 bits per heavy atom. The summed E-state index contributed by atoms with van der Waals surface area (Å²) in [4.78, 5) is 20.7. The van der Waals surface area contributed by atoms with Crippen molar-refractivity contribution in [2.75, 3.05) is 10.6 Å². The molecule has 1 amide bonds. The average Bonchev–Trinajstić information content (AvgIpc) is 2.68. The first kappa shape index (κ1) is 17.5. The molecule has 3 aromatic rings. The van der Waals surface area contributed by atoms with E-state index in [1.807, 2.05) is 31.2 Å². The van der Waals surface area contributed by atoms with Crippen molar-refractivity contribution in [3.63, 3.8) is 0 Å². The number of carbonyl (C=O) groups is 1. The van der Waals surface area contributed by atoms with Gasteiger partial charge in [-0.15, -0.1) is 0 Å². The zero-order valence-electron chi connectivity index (χ0n) is 14.4. The number of aromatic nitrogens is 2. The van der Waals surface area contributed by atoms with E-state index in [9.17, 15) is 9.18 Å². The van der Waals surface area contributed by atoms with Crippen molar-refractivity contribution < 1.29 is 9.18 Å². The molecule has 0 saturated carbocycles. The van der Waals surface area contributed by atoms with Crippen molar-refractivity contribution in [3.8, 4) is 0 Å². The van der Waals surface area contributed by atoms with Gasteiger partial charge in [0.15, 0.2) is 0 Å². The van der Waals surface area contributed by atoms with E-state index in [1.54, 1.807) is 12.1 Å². The fourth-order valence-corrected chi connectivity index (χ4v) is 2.46. The number of nitrogens with one attached hydrogen (secondary N) is 2. The number of hydrogen-bond acceptors (Lipinski definition) is 4. The lowest BCUT2D eigenvalue weighted by Gasteiger charge is -2.10. The quantitative estimate of drug-likeness (QED) is 0.704. The summed E-state index contributed by atoms with van der Waals surface area (Å²) in [5.41, 5.74) is 3.15. The van der Waals surface area contributed by atoms with Crippen molar-refractivity contribution in [2.45, 2.75) is 19.9 Å². The van der Waals surface area contributed by atoms with Crippen LogP contribution < -0.4 is 10.6 Å². The van der Waals surface area contributed by atoms with Crippen LogP contribution in [0.4, 0.5) is 16.0 Å². The Morgan fingerprint density at radius 2 is 1.73 bits per heavy atom. The number of anilines is 2. The first-order valence-electron chi connectivity index (χ1n) is 8.35. The Kier molecular flexibility index (Phi) is 5.53. The van der Waals surface area contributed by atoms with E-state index in [0.29, 0.717) is 18.1 Å². The van der Waals surface area contributed by atoms with E-state index in [4.69, 9.17) is 0 Å². The highest BCUT2D eigenvalue weighted by Gasteiger charge is 2.09. The maximum absolute atomic E-state index is 12.9. The monoisotopic (exact) mass is 350 g/mol. The topological polar surface area (TPSA) is 66.9 Å². The fourth-order valence-electron chi connectivity index (χ4n) is 2.46. The lowest BCUT2D eigenvalue weighted by Crippen LogP contribution is -2.14. The Hall–Kier alpha value is -3.28. The van der Waals surface area contributed by atoms with E-state index in [0.717, 1.165) is 23.2 Å². The van der Waals surface area contributed by atoms with Crippen LogP contribution in [0.3, 0.4) is 0 Å². The summed E-state index contributed by atoms with van der Waals surface area (Å²) >= 11 is 0. The second kappa shape index (κ2) is 8.20. The molecule has 0 saturated heterocycles. The molecule has 0 aliphatic heterocycles. The first-order valence-corrected chi connectivity index (χ1v) is 8.35. The van der Waals surface area contributed by atoms with Crippen LogP contribution in [0, 0.1) is 5.82 Å². The van der Waals surface area contributed by atoms with E-state index in [1.165, 1.54) is 24.5 Å². The van der Waals surface area contributed by atoms with Gasteiger partial charge in [0.1, 0.15) is 5.82 Å². The van der Waals surface area contributed by atoms with Gasteiger partial charge < -0.3 is 10.6 Å². The van der Waals surface area contributed by atoms with Crippen LogP contribution in [-0.2, 0) is 13.0 Å². The number of benzene rings is 2. The Morgan fingerprint density at radius 3 is 2.42 bits per heavy atom. The SMILES string of the molecule is CCc1ccccc1NC(=O)c1cnc(NCc2ccc(F)cc2)nc1. The van der Waals surface area contributed by atoms with E-state index >= 15 is 0 Å².